The molecule has 1 N–H and O–H groups in total. The van der Waals surface area contributed by atoms with Crippen LogP contribution in [-0.2, 0) is 15.6 Å². The van der Waals surface area contributed by atoms with E-state index in [1.54, 1.807) is 43.3 Å². The highest BCUT2D eigenvalue weighted by Crippen LogP contribution is 2.32. The minimum absolute atomic E-state index is 0.00844. The summed E-state index contributed by atoms with van der Waals surface area (Å²) >= 11 is 3.37. The number of phenolic OH excluding ortho intramolecular Hbond substituents is 1. The van der Waals surface area contributed by atoms with Gasteiger partial charge in [-0.15, -0.1) is 0 Å². The lowest BCUT2D eigenvalue weighted by Crippen LogP contribution is -2.06. The third kappa shape index (κ3) is 4.47. The van der Waals surface area contributed by atoms with Crippen LogP contribution in [0.15, 0.2) is 46.9 Å². The second-order valence-corrected chi connectivity index (χ2v) is 7.75. The van der Waals surface area contributed by atoms with Crippen molar-refractivity contribution in [1.82, 2.24) is 0 Å². The number of halogens is 1. The molecule has 21 heavy (non-hydrogen) atoms. The van der Waals surface area contributed by atoms with Crippen molar-refractivity contribution in [2.75, 3.05) is 5.75 Å². The summed E-state index contributed by atoms with van der Waals surface area (Å²) < 4.78 is 29.5. The van der Waals surface area contributed by atoms with E-state index >= 15 is 0 Å². The Balaban J connectivity index is 2.20. The number of rotatable bonds is 5. The first-order chi connectivity index (χ1) is 9.89. The molecule has 0 heterocycles. The summed E-state index contributed by atoms with van der Waals surface area (Å²) in [5, 5.41) is 9.40. The van der Waals surface area contributed by atoms with Gasteiger partial charge in [-0.3, -0.25) is 0 Å². The molecular weight excluding hydrogens is 356 g/mol. The predicted molar refractivity (Wildman–Crippen MR) is 85.5 cm³/mol. The topological polar surface area (TPSA) is 63.6 Å². The summed E-state index contributed by atoms with van der Waals surface area (Å²) in [6.07, 6.45) is 0. The normalized spacial score (nSPS) is 11.3. The zero-order valence-corrected chi connectivity index (χ0v) is 13.8. The van der Waals surface area contributed by atoms with Gasteiger partial charge in [-0.25, -0.2) is 8.42 Å². The van der Waals surface area contributed by atoms with Crippen molar-refractivity contribution in [3.05, 3.63) is 52.5 Å². The number of ether oxygens (including phenoxy) is 1. The van der Waals surface area contributed by atoms with Crippen molar-refractivity contribution in [1.29, 1.82) is 0 Å². The van der Waals surface area contributed by atoms with Crippen LogP contribution in [0.3, 0.4) is 0 Å². The molecule has 0 saturated heterocycles. The molecule has 6 heteroatoms. The SMILES string of the molecule is CCS(=O)(=O)Cc1ccc(Oc2cccc(O)c2)c(Br)c1. The van der Waals surface area contributed by atoms with Crippen LogP contribution in [-0.4, -0.2) is 19.3 Å². The molecule has 2 aromatic carbocycles. The van der Waals surface area contributed by atoms with E-state index in [-0.39, 0.29) is 17.3 Å². The van der Waals surface area contributed by atoms with E-state index in [0.717, 1.165) is 0 Å². The minimum atomic E-state index is -3.06. The van der Waals surface area contributed by atoms with E-state index < -0.39 is 9.84 Å². The Morgan fingerprint density at radius 1 is 1.19 bits per heavy atom. The summed E-state index contributed by atoms with van der Waals surface area (Å²) in [6, 6.07) is 11.6. The predicted octanol–water partition coefficient (Wildman–Crippen LogP) is 3.88. The Morgan fingerprint density at radius 3 is 2.57 bits per heavy atom. The van der Waals surface area contributed by atoms with E-state index in [4.69, 9.17) is 4.74 Å². The van der Waals surface area contributed by atoms with E-state index in [1.807, 2.05) is 0 Å². The highest BCUT2D eigenvalue weighted by atomic mass is 79.9. The molecule has 2 rings (SSSR count). The zero-order chi connectivity index (χ0) is 15.5. The van der Waals surface area contributed by atoms with Gasteiger partial charge in [-0.2, -0.15) is 0 Å². The third-order valence-corrected chi connectivity index (χ3v) is 5.14. The van der Waals surface area contributed by atoms with Crippen molar-refractivity contribution in [3.8, 4) is 17.2 Å². The quantitative estimate of drug-likeness (QED) is 0.867. The molecule has 0 aromatic heterocycles. The fourth-order valence-corrected chi connectivity index (χ4v) is 3.15. The number of hydrogen-bond donors (Lipinski definition) is 1. The molecule has 112 valence electrons. The molecule has 0 spiro atoms. The van der Waals surface area contributed by atoms with Crippen LogP contribution in [0.5, 0.6) is 17.2 Å². The highest BCUT2D eigenvalue weighted by Gasteiger charge is 2.11. The second kappa shape index (κ2) is 6.49. The Kier molecular flexibility index (Phi) is 4.90. The van der Waals surface area contributed by atoms with E-state index in [1.165, 1.54) is 6.07 Å². The van der Waals surface area contributed by atoms with Gasteiger partial charge in [0.05, 0.1) is 10.2 Å². The lowest BCUT2D eigenvalue weighted by molar-refractivity contribution is 0.454. The molecule has 0 radical (unpaired) electrons. The van der Waals surface area contributed by atoms with Gasteiger partial charge >= 0.3 is 0 Å². The van der Waals surface area contributed by atoms with E-state index in [0.29, 0.717) is 21.5 Å². The molecule has 0 aliphatic heterocycles. The number of benzene rings is 2. The summed E-state index contributed by atoms with van der Waals surface area (Å²) in [5.74, 6) is 1.30. The third-order valence-electron chi connectivity index (χ3n) is 2.87. The standard InChI is InChI=1S/C15H15BrO4S/c1-2-21(18,19)10-11-6-7-15(14(16)8-11)20-13-5-3-4-12(17)9-13/h3-9,17H,2,10H2,1H3. The Labute approximate surface area is 132 Å². The molecule has 0 aliphatic carbocycles. The van der Waals surface area contributed by atoms with Crippen LogP contribution < -0.4 is 4.74 Å². The fraction of sp³-hybridized carbons (Fsp3) is 0.200. The maximum atomic E-state index is 11.6. The highest BCUT2D eigenvalue weighted by molar-refractivity contribution is 9.10. The Morgan fingerprint density at radius 2 is 1.95 bits per heavy atom. The Hall–Kier alpha value is -1.53. The first kappa shape index (κ1) is 15.9. The van der Waals surface area contributed by atoms with Gasteiger partial charge in [-0.1, -0.05) is 19.1 Å². The van der Waals surface area contributed by atoms with Gasteiger partial charge in [0.15, 0.2) is 9.84 Å². The van der Waals surface area contributed by atoms with Crippen molar-refractivity contribution in [3.63, 3.8) is 0 Å². The maximum absolute atomic E-state index is 11.6. The average molecular weight is 371 g/mol. The molecule has 0 amide bonds. The summed E-state index contributed by atoms with van der Waals surface area (Å²) in [6.45, 7) is 1.63. The molecule has 0 fully saturated rings. The van der Waals surface area contributed by atoms with Gasteiger partial charge in [0.1, 0.15) is 17.2 Å². The molecule has 4 nitrogen and oxygen atoms in total. The first-order valence-corrected chi connectivity index (χ1v) is 8.97. The van der Waals surface area contributed by atoms with Crippen LogP contribution in [0.25, 0.3) is 0 Å². The van der Waals surface area contributed by atoms with Crippen molar-refractivity contribution < 1.29 is 18.3 Å². The second-order valence-electron chi connectivity index (χ2n) is 4.54. The summed E-state index contributed by atoms with van der Waals surface area (Å²) in [4.78, 5) is 0. The number of sulfone groups is 1. The molecule has 0 saturated carbocycles. The fourth-order valence-electron chi connectivity index (χ4n) is 1.75. The van der Waals surface area contributed by atoms with Gasteiger partial charge in [-0.05, 0) is 45.8 Å². The van der Waals surface area contributed by atoms with Crippen LogP contribution in [0.2, 0.25) is 0 Å². The van der Waals surface area contributed by atoms with Gasteiger partial charge in [0, 0.05) is 11.8 Å². The van der Waals surface area contributed by atoms with E-state index in [9.17, 15) is 13.5 Å². The molecule has 2 aromatic rings. The largest absolute Gasteiger partial charge is 0.508 e. The summed E-state index contributed by atoms with van der Waals surface area (Å²) in [7, 11) is -3.06. The zero-order valence-electron chi connectivity index (χ0n) is 11.4. The molecular formula is C15H15BrO4S. The number of aromatic hydroxyl groups is 1. The molecule has 0 aliphatic rings. The van der Waals surface area contributed by atoms with Crippen LogP contribution in [0.4, 0.5) is 0 Å². The lowest BCUT2D eigenvalue weighted by Gasteiger charge is -2.10. The maximum Gasteiger partial charge on any atom is 0.154 e. The molecule has 0 unspecified atom stereocenters. The number of hydrogen-bond acceptors (Lipinski definition) is 4. The van der Waals surface area contributed by atoms with Crippen molar-refractivity contribution in [2.45, 2.75) is 12.7 Å². The Bertz CT molecular complexity index is 741. The van der Waals surface area contributed by atoms with E-state index in [2.05, 4.69) is 15.9 Å². The van der Waals surface area contributed by atoms with Crippen molar-refractivity contribution in [2.24, 2.45) is 0 Å². The summed E-state index contributed by atoms with van der Waals surface area (Å²) in [5.41, 5.74) is 0.701. The van der Waals surface area contributed by atoms with Gasteiger partial charge in [0.25, 0.3) is 0 Å². The molecule has 0 bridgehead atoms. The lowest BCUT2D eigenvalue weighted by atomic mass is 10.2. The van der Waals surface area contributed by atoms with Crippen LogP contribution in [0.1, 0.15) is 12.5 Å². The van der Waals surface area contributed by atoms with Crippen molar-refractivity contribution >= 4 is 25.8 Å². The smallest absolute Gasteiger partial charge is 0.154 e. The van der Waals surface area contributed by atoms with Gasteiger partial charge in [0.2, 0.25) is 0 Å². The molecule has 0 atom stereocenters. The minimum Gasteiger partial charge on any atom is -0.508 e. The monoisotopic (exact) mass is 370 g/mol. The van der Waals surface area contributed by atoms with Crippen LogP contribution >= 0.6 is 15.9 Å². The average Bonchev–Trinajstić information content (AvgIpc) is 2.42. The van der Waals surface area contributed by atoms with Crippen LogP contribution in [0, 0.1) is 0 Å². The number of phenols is 1. The first-order valence-electron chi connectivity index (χ1n) is 6.35. The van der Waals surface area contributed by atoms with Gasteiger partial charge < -0.3 is 9.84 Å².